The number of carbonyl (C=O) groups is 1. The monoisotopic (exact) mass is 318 g/mol. The number of hydrogen-bond acceptors (Lipinski definition) is 3. The molecule has 126 valence electrons. The largest absolute Gasteiger partial charge is 0.464 e. The van der Waals surface area contributed by atoms with Crippen molar-refractivity contribution in [1.29, 1.82) is 0 Å². The summed E-state index contributed by atoms with van der Waals surface area (Å²) in [4.78, 5) is 12.0. The molecule has 0 aliphatic carbocycles. The lowest BCUT2D eigenvalue weighted by Crippen LogP contribution is -2.39. The van der Waals surface area contributed by atoms with Gasteiger partial charge in [-0.15, -0.1) is 0 Å². The van der Waals surface area contributed by atoms with Crippen molar-refractivity contribution in [3.63, 3.8) is 0 Å². The number of amides is 2. The molecular formula is C17H26N4O2. The fourth-order valence-electron chi connectivity index (χ4n) is 2.49. The Hall–Kier alpha value is -2.24. The molecule has 6 nitrogen and oxygen atoms in total. The highest BCUT2D eigenvalue weighted by Gasteiger charge is 2.13. The normalized spacial score (nSPS) is 13.6. The molecule has 0 unspecified atom stereocenters. The third kappa shape index (κ3) is 4.87. The Kier molecular flexibility index (Phi) is 5.47. The summed E-state index contributed by atoms with van der Waals surface area (Å²) in [5.41, 5.74) is 2.16. The third-order valence-corrected chi connectivity index (χ3v) is 3.73. The van der Waals surface area contributed by atoms with Crippen LogP contribution < -0.4 is 10.6 Å². The quantitative estimate of drug-likeness (QED) is 0.859. The second-order valence-electron chi connectivity index (χ2n) is 6.24. The van der Waals surface area contributed by atoms with Crippen molar-refractivity contribution in [2.45, 2.75) is 47.2 Å². The smallest absolute Gasteiger partial charge is 0.315 e. The van der Waals surface area contributed by atoms with E-state index in [1.54, 1.807) is 0 Å². The first kappa shape index (κ1) is 17.1. The summed E-state index contributed by atoms with van der Waals surface area (Å²) in [5.74, 6) is 1.89. The minimum absolute atomic E-state index is 0.157. The van der Waals surface area contributed by atoms with Crippen molar-refractivity contribution >= 4 is 6.03 Å². The van der Waals surface area contributed by atoms with Gasteiger partial charge in [0.25, 0.3) is 0 Å². The molecule has 23 heavy (non-hydrogen) atoms. The van der Waals surface area contributed by atoms with Gasteiger partial charge in [0.15, 0.2) is 0 Å². The average molecular weight is 318 g/mol. The second kappa shape index (κ2) is 7.35. The van der Waals surface area contributed by atoms with E-state index in [1.165, 1.54) is 0 Å². The van der Waals surface area contributed by atoms with E-state index in [2.05, 4.69) is 28.7 Å². The Bertz CT molecular complexity index is 659. The summed E-state index contributed by atoms with van der Waals surface area (Å²) in [5, 5.41) is 10.2. The second-order valence-corrected chi connectivity index (χ2v) is 6.24. The third-order valence-electron chi connectivity index (χ3n) is 3.73. The lowest BCUT2D eigenvalue weighted by atomic mass is 10.2. The van der Waals surface area contributed by atoms with E-state index in [9.17, 15) is 4.79 Å². The summed E-state index contributed by atoms with van der Waals surface area (Å²) in [6.07, 6.45) is 0. The maximum absolute atomic E-state index is 12.0. The fraction of sp³-hybridized carbons (Fsp3) is 0.529. The molecule has 2 heterocycles. The Labute approximate surface area is 137 Å². The van der Waals surface area contributed by atoms with E-state index in [-0.39, 0.29) is 12.1 Å². The Balaban J connectivity index is 1.76. The lowest BCUT2D eigenvalue weighted by molar-refractivity contribution is 0.233. The van der Waals surface area contributed by atoms with E-state index >= 15 is 0 Å². The first-order chi connectivity index (χ1) is 10.8. The van der Waals surface area contributed by atoms with Crippen molar-refractivity contribution in [2.24, 2.45) is 5.92 Å². The van der Waals surface area contributed by atoms with Gasteiger partial charge in [-0.1, -0.05) is 6.92 Å². The predicted octanol–water partition coefficient (Wildman–Crippen LogP) is 3.10. The van der Waals surface area contributed by atoms with Crippen molar-refractivity contribution < 1.29 is 9.21 Å². The van der Waals surface area contributed by atoms with Gasteiger partial charge in [-0.2, -0.15) is 5.10 Å². The molecule has 2 amide bonds. The van der Waals surface area contributed by atoms with E-state index in [0.717, 1.165) is 29.5 Å². The lowest BCUT2D eigenvalue weighted by Gasteiger charge is -2.16. The highest BCUT2D eigenvalue weighted by Crippen LogP contribution is 2.15. The Morgan fingerprint density at radius 3 is 2.61 bits per heavy atom. The molecule has 0 aliphatic heterocycles. The number of furan rings is 1. The molecule has 0 spiro atoms. The van der Waals surface area contributed by atoms with Gasteiger partial charge in [0.2, 0.25) is 0 Å². The number of hydrogen-bond donors (Lipinski definition) is 2. The van der Waals surface area contributed by atoms with Gasteiger partial charge >= 0.3 is 6.03 Å². The van der Waals surface area contributed by atoms with Gasteiger partial charge in [-0.05, 0) is 51.8 Å². The van der Waals surface area contributed by atoms with E-state index in [0.29, 0.717) is 12.5 Å². The summed E-state index contributed by atoms with van der Waals surface area (Å²) in [7, 11) is 0. The van der Waals surface area contributed by atoms with Crippen molar-refractivity contribution in [2.75, 3.05) is 6.54 Å². The van der Waals surface area contributed by atoms with Crippen LogP contribution in [0.4, 0.5) is 4.79 Å². The molecule has 2 aromatic heterocycles. The molecule has 0 saturated carbocycles. The van der Waals surface area contributed by atoms with Crippen LogP contribution in [-0.4, -0.2) is 22.4 Å². The molecule has 2 atom stereocenters. The molecule has 6 heteroatoms. The summed E-state index contributed by atoms with van der Waals surface area (Å²) >= 11 is 0. The molecule has 2 aromatic rings. The van der Waals surface area contributed by atoms with Crippen LogP contribution in [-0.2, 0) is 6.54 Å². The van der Waals surface area contributed by atoms with E-state index < -0.39 is 0 Å². The first-order valence-electron chi connectivity index (χ1n) is 7.97. The number of nitrogens with one attached hydrogen (secondary N) is 2. The van der Waals surface area contributed by atoms with Crippen LogP contribution in [0.15, 0.2) is 22.6 Å². The minimum atomic E-state index is -0.188. The number of nitrogens with zero attached hydrogens (tertiary/aromatic N) is 2. The van der Waals surface area contributed by atoms with Crippen LogP contribution in [0.25, 0.3) is 0 Å². The number of urea groups is 1. The van der Waals surface area contributed by atoms with Gasteiger partial charge < -0.3 is 15.1 Å². The van der Waals surface area contributed by atoms with Gasteiger partial charge in [0.05, 0.1) is 11.7 Å². The number of carbonyl (C=O) groups excluding carboxylic acids is 1. The maximum atomic E-state index is 12.0. The standard InChI is InChI=1S/C17H26N4O2/c1-11(10-21-13(3)8-12(2)20-21)9-18-17(22)19-15(5)16-7-6-14(4)23-16/h6-8,11,15H,9-10H2,1-5H3,(H2,18,19,22)/t11-,15+/m1/s1. The molecule has 0 aromatic carbocycles. The topological polar surface area (TPSA) is 72.1 Å². The molecule has 0 saturated heterocycles. The number of aromatic nitrogens is 2. The van der Waals surface area contributed by atoms with Gasteiger partial charge in [-0.25, -0.2) is 4.79 Å². The highest BCUT2D eigenvalue weighted by atomic mass is 16.3. The van der Waals surface area contributed by atoms with E-state index in [1.807, 2.05) is 44.5 Å². The molecule has 0 radical (unpaired) electrons. The zero-order chi connectivity index (χ0) is 17.0. The first-order valence-corrected chi connectivity index (χ1v) is 7.97. The minimum Gasteiger partial charge on any atom is -0.464 e. The molecule has 2 N–H and O–H groups in total. The van der Waals surface area contributed by atoms with Gasteiger partial charge in [0, 0.05) is 18.8 Å². The SMILES string of the molecule is Cc1cc(C)n(C[C@H](C)CNC(=O)N[C@@H](C)c2ccc(C)o2)n1. The summed E-state index contributed by atoms with van der Waals surface area (Å²) < 4.78 is 7.49. The van der Waals surface area contributed by atoms with Crippen LogP contribution in [0.5, 0.6) is 0 Å². The van der Waals surface area contributed by atoms with Crippen molar-refractivity contribution in [3.05, 3.63) is 41.1 Å². The molecule has 2 rings (SSSR count). The molecule has 0 aliphatic rings. The highest BCUT2D eigenvalue weighted by molar-refractivity contribution is 5.74. The number of rotatable bonds is 6. The van der Waals surface area contributed by atoms with Crippen LogP contribution >= 0.6 is 0 Å². The van der Waals surface area contributed by atoms with Crippen LogP contribution in [0.2, 0.25) is 0 Å². The summed E-state index contributed by atoms with van der Waals surface area (Å²) in [6.45, 7) is 11.3. The fourth-order valence-corrected chi connectivity index (χ4v) is 2.49. The van der Waals surface area contributed by atoms with Crippen molar-refractivity contribution in [3.8, 4) is 0 Å². The predicted molar refractivity (Wildman–Crippen MR) is 89.3 cm³/mol. The van der Waals surface area contributed by atoms with E-state index in [4.69, 9.17) is 4.42 Å². The van der Waals surface area contributed by atoms with Gasteiger partial charge in [-0.3, -0.25) is 4.68 Å². The zero-order valence-electron chi connectivity index (χ0n) is 14.5. The average Bonchev–Trinajstić information content (AvgIpc) is 3.03. The van der Waals surface area contributed by atoms with Crippen molar-refractivity contribution in [1.82, 2.24) is 20.4 Å². The molecule has 0 bridgehead atoms. The number of aryl methyl sites for hydroxylation is 3. The Morgan fingerprint density at radius 2 is 2.04 bits per heavy atom. The Morgan fingerprint density at radius 1 is 1.30 bits per heavy atom. The van der Waals surface area contributed by atoms with Crippen LogP contribution in [0.1, 0.15) is 42.8 Å². The molecular weight excluding hydrogens is 292 g/mol. The summed E-state index contributed by atoms with van der Waals surface area (Å²) in [6, 6.07) is 5.48. The van der Waals surface area contributed by atoms with Gasteiger partial charge in [0.1, 0.15) is 11.5 Å². The van der Waals surface area contributed by atoms with Crippen LogP contribution in [0.3, 0.4) is 0 Å². The maximum Gasteiger partial charge on any atom is 0.315 e. The zero-order valence-corrected chi connectivity index (χ0v) is 14.5. The molecule has 0 fully saturated rings. The van der Waals surface area contributed by atoms with Crippen LogP contribution in [0, 0.1) is 26.7 Å².